The second-order valence-electron chi connectivity index (χ2n) is 7.24. The third-order valence-corrected chi connectivity index (χ3v) is 5.94. The van der Waals surface area contributed by atoms with Crippen molar-refractivity contribution in [1.29, 1.82) is 0 Å². The molecule has 0 radical (unpaired) electrons. The highest BCUT2D eigenvalue weighted by atomic mass is 16.7. The van der Waals surface area contributed by atoms with E-state index in [-0.39, 0.29) is 23.9 Å². The van der Waals surface area contributed by atoms with Gasteiger partial charge in [-0.05, 0) is 38.0 Å². The maximum absolute atomic E-state index is 12.9. The zero-order chi connectivity index (χ0) is 14.6. The SMILES string of the molecule is CC(O)CCC1CC2(OCCO2)C2C3C=CC(C3)C2C1=O. The van der Waals surface area contributed by atoms with Crippen LogP contribution >= 0.6 is 0 Å². The van der Waals surface area contributed by atoms with Crippen molar-refractivity contribution >= 4 is 5.78 Å². The Labute approximate surface area is 125 Å². The minimum atomic E-state index is -0.536. The average Bonchev–Trinajstić information content (AvgIpc) is 3.17. The Morgan fingerprint density at radius 1 is 1.33 bits per heavy atom. The van der Waals surface area contributed by atoms with Crippen LogP contribution in [0, 0.1) is 29.6 Å². The number of Topliss-reactive ketones (excluding diaryl/α,β-unsaturated/α-hetero) is 1. The van der Waals surface area contributed by atoms with Gasteiger partial charge in [0.2, 0.25) is 0 Å². The Balaban J connectivity index is 1.63. The summed E-state index contributed by atoms with van der Waals surface area (Å²) >= 11 is 0. The molecular weight excluding hydrogens is 268 g/mol. The molecule has 4 aliphatic rings. The van der Waals surface area contributed by atoms with Gasteiger partial charge < -0.3 is 14.6 Å². The summed E-state index contributed by atoms with van der Waals surface area (Å²) in [6.45, 7) is 3.07. The highest BCUT2D eigenvalue weighted by molar-refractivity contribution is 5.86. The molecule has 4 heteroatoms. The number of ether oxygens (including phenoxy) is 2. The minimum absolute atomic E-state index is 0.0216. The van der Waals surface area contributed by atoms with E-state index in [2.05, 4.69) is 12.2 Å². The molecule has 4 rings (SSSR count). The molecule has 1 N–H and O–H groups in total. The van der Waals surface area contributed by atoms with Crippen LogP contribution in [-0.2, 0) is 14.3 Å². The number of rotatable bonds is 3. The maximum Gasteiger partial charge on any atom is 0.173 e. The summed E-state index contributed by atoms with van der Waals surface area (Å²) in [4.78, 5) is 12.9. The molecule has 116 valence electrons. The lowest BCUT2D eigenvalue weighted by atomic mass is 9.64. The minimum Gasteiger partial charge on any atom is -0.393 e. The number of carbonyl (C=O) groups is 1. The number of hydrogen-bond donors (Lipinski definition) is 1. The molecule has 0 aromatic heterocycles. The van der Waals surface area contributed by atoms with Crippen LogP contribution in [0.5, 0.6) is 0 Å². The van der Waals surface area contributed by atoms with Crippen molar-refractivity contribution < 1.29 is 19.4 Å². The zero-order valence-corrected chi connectivity index (χ0v) is 12.5. The van der Waals surface area contributed by atoms with E-state index in [0.717, 1.165) is 12.8 Å². The van der Waals surface area contributed by atoms with Crippen LogP contribution in [0.4, 0.5) is 0 Å². The van der Waals surface area contributed by atoms with Crippen molar-refractivity contribution in [1.82, 2.24) is 0 Å². The quantitative estimate of drug-likeness (QED) is 0.807. The molecule has 0 aromatic rings. The van der Waals surface area contributed by atoms with Gasteiger partial charge in [-0.2, -0.15) is 0 Å². The number of hydrogen-bond acceptors (Lipinski definition) is 4. The van der Waals surface area contributed by atoms with E-state index in [1.54, 1.807) is 6.92 Å². The molecule has 4 nitrogen and oxygen atoms in total. The third-order valence-electron chi connectivity index (χ3n) is 5.94. The molecule has 3 aliphatic carbocycles. The fourth-order valence-electron chi connectivity index (χ4n) is 5.13. The Hall–Kier alpha value is -0.710. The van der Waals surface area contributed by atoms with Crippen molar-refractivity contribution in [2.75, 3.05) is 13.2 Å². The third kappa shape index (κ3) is 2.03. The second-order valence-corrected chi connectivity index (χ2v) is 7.24. The molecule has 21 heavy (non-hydrogen) atoms. The van der Waals surface area contributed by atoms with Crippen LogP contribution in [-0.4, -0.2) is 36.0 Å². The summed E-state index contributed by atoms with van der Waals surface area (Å²) in [5.41, 5.74) is 0. The van der Waals surface area contributed by atoms with Gasteiger partial charge in [-0.3, -0.25) is 4.79 Å². The summed E-state index contributed by atoms with van der Waals surface area (Å²) in [5.74, 6) is 0.947. The highest BCUT2D eigenvalue weighted by Gasteiger charge is 2.64. The van der Waals surface area contributed by atoms with Gasteiger partial charge in [-0.25, -0.2) is 0 Å². The van der Waals surface area contributed by atoms with E-state index >= 15 is 0 Å². The van der Waals surface area contributed by atoms with E-state index in [1.165, 1.54) is 0 Å². The van der Waals surface area contributed by atoms with E-state index in [1.807, 2.05) is 0 Å². The summed E-state index contributed by atoms with van der Waals surface area (Å²) in [6, 6.07) is 0. The lowest BCUT2D eigenvalue weighted by Crippen LogP contribution is -2.54. The lowest BCUT2D eigenvalue weighted by molar-refractivity contribution is -0.234. The molecule has 1 aliphatic heterocycles. The molecule has 0 amide bonds. The van der Waals surface area contributed by atoms with Crippen LogP contribution in [0.2, 0.25) is 0 Å². The fourth-order valence-corrected chi connectivity index (χ4v) is 5.13. The van der Waals surface area contributed by atoms with Gasteiger partial charge in [0.25, 0.3) is 0 Å². The predicted molar refractivity (Wildman–Crippen MR) is 76.4 cm³/mol. The Kier molecular flexibility index (Phi) is 3.25. The fraction of sp³-hybridized carbons (Fsp3) is 0.824. The van der Waals surface area contributed by atoms with Gasteiger partial charge in [0.1, 0.15) is 5.78 Å². The normalized spacial score (nSPS) is 44.5. The van der Waals surface area contributed by atoms with Gasteiger partial charge in [-0.1, -0.05) is 12.2 Å². The van der Waals surface area contributed by atoms with Gasteiger partial charge in [-0.15, -0.1) is 0 Å². The first kappa shape index (κ1) is 13.9. The van der Waals surface area contributed by atoms with Crippen molar-refractivity contribution in [2.24, 2.45) is 29.6 Å². The van der Waals surface area contributed by atoms with Crippen LogP contribution in [0.3, 0.4) is 0 Å². The summed E-state index contributed by atoms with van der Waals surface area (Å²) in [5, 5.41) is 9.53. The summed E-state index contributed by atoms with van der Waals surface area (Å²) < 4.78 is 12.1. The van der Waals surface area contributed by atoms with Crippen LogP contribution < -0.4 is 0 Å². The monoisotopic (exact) mass is 292 g/mol. The molecule has 1 saturated heterocycles. The van der Waals surface area contributed by atoms with Crippen LogP contribution in [0.25, 0.3) is 0 Å². The maximum atomic E-state index is 12.9. The predicted octanol–water partition coefficient (Wildman–Crippen LogP) is 1.92. The van der Waals surface area contributed by atoms with Crippen LogP contribution in [0.1, 0.15) is 32.6 Å². The summed E-state index contributed by atoms with van der Waals surface area (Å²) in [6.07, 6.45) is 7.32. The van der Waals surface area contributed by atoms with Gasteiger partial charge in [0, 0.05) is 24.2 Å². The summed E-state index contributed by atoms with van der Waals surface area (Å²) in [7, 11) is 0. The largest absolute Gasteiger partial charge is 0.393 e. The number of aliphatic hydroxyl groups is 1. The molecule has 1 spiro atoms. The number of aliphatic hydroxyl groups excluding tert-OH is 1. The second kappa shape index (κ2) is 4.90. The van der Waals surface area contributed by atoms with Crippen molar-refractivity contribution in [3.05, 3.63) is 12.2 Å². The van der Waals surface area contributed by atoms with Gasteiger partial charge in [0.05, 0.1) is 19.3 Å². The van der Waals surface area contributed by atoms with E-state index < -0.39 is 5.79 Å². The molecule has 2 saturated carbocycles. The molecular formula is C17H24O4. The molecule has 0 aromatic carbocycles. The molecule has 2 bridgehead atoms. The van der Waals surface area contributed by atoms with E-state index in [4.69, 9.17) is 9.47 Å². The Bertz CT molecular complexity index is 463. The van der Waals surface area contributed by atoms with Crippen molar-refractivity contribution in [2.45, 2.75) is 44.5 Å². The number of allylic oxidation sites excluding steroid dienone is 2. The van der Waals surface area contributed by atoms with Crippen molar-refractivity contribution in [3.63, 3.8) is 0 Å². The Morgan fingerprint density at radius 3 is 2.76 bits per heavy atom. The number of fused-ring (bicyclic) bond motifs is 6. The zero-order valence-electron chi connectivity index (χ0n) is 12.5. The van der Waals surface area contributed by atoms with Crippen LogP contribution in [0.15, 0.2) is 12.2 Å². The first-order valence-corrected chi connectivity index (χ1v) is 8.29. The van der Waals surface area contributed by atoms with E-state index in [9.17, 15) is 9.90 Å². The molecule has 6 atom stereocenters. The molecule has 3 fully saturated rings. The first-order chi connectivity index (χ1) is 10.1. The standard InChI is InChI=1S/C17H24O4/c1-10(18)2-3-13-9-17(20-6-7-21-17)15-12-5-4-11(8-12)14(15)16(13)19/h4-5,10-15,18H,2-3,6-9H2,1H3. The van der Waals surface area contributed by atoms with Gasteiger partial charge in [0.15, 0.2) is 5.79 Å². The molecule has 1 heterocycles. The Morgan fingerprint density at radius 2 is 2.05 bits per heavy atom. The molecule has 6 unspecified atom stereocenters. The van der Waals surface area contributed by atoms with E-state index in [0.29, 0.717) is 43.7 Å². The average molecular weight is 292 g/mol. The highest BCUT2D eigenvalue weighted by Crippen LogP contribution is 2.59. The topological polar surface area (TPSA) is 55.8 Å². The van der Waals surface area contributed by atoms with Crippen molar-refractivity contribution in [3.8, 4) is 0 Å². The number of carbonyl (C=O) groups excluding carboxylic acids is 1. The first-order valence-electron chi connectivity index (χ1n) is 8.29. The smallest absolute Gasteiger partial charge is 0.173 e. The number of ketones is 1. The lowest BCUT2D eigenvalue weighted by Gasteiger charge is -2.47. The van der Waals surface area contributed by atoms with Gasteiger partial charge >= 0.3 is 0 Å².